The number of nitrogens with zero attached hydrogens (tertiary/aromatic N) is 4. The summed E-state index contributed by atoms with van der Waals surface area (Å²) in [4.78, 5) is 8.42. The largest absolute Gasteiger partial charge is 0.308 e. The number of hydrogen-bond donors (Lipinski definition) is 0. The average Bonchev–Trinajstić information content (AvgIpc) is 2.76. The Kier molecular flexibility index (Phi) is 5.61. The first-order valence-corrected chi connectivity index (χ1v) is 9.44. The van der Waals surface area contributed by atoms with Crippen molar-refractivity contribution in [3.63, 3.8) is 0 Å². The second-order valence-electron chi connectivity index (χ2n) is 5.39. The van der Waals surface area contributed by atoms with E-state index in [0.717, 1.165) is 37.5 Å². The molecule has 0 aliphatic carbocycles. The Morgan fingerprint density at radius 3 is 2.38 bits per heavy atom. The van der Waals surface area contributed by atoms with Crippen molar-refractivity contribution in [2.75, 3.05) is 53.4 Å². The number of halogens is 1. The monoisotopic (exact) mass is 352 g/mol. The highest BCUT2D eigenvalue weighted by molar-refractivity contribution is 7.91. The maximum atomic E-state index is 12.6. The molecule has 21 heavy (non-hydrogen) atoms. The molecule has 6 nitrogen and oxygen atoms in total. The number of sulfonamides is 1. The molecule has 0 spiro atoms. The molecule has 1 aliphatic rings. The van der Waals surface area contributed by atoms with Gasteiger partial charge in [0.25, 0.3) is 10.0 Å². The number of likely N-dealkylation sites (N-methyl/N-ethyl adjacent to an activating group) is 1. The van der Waals surface area contributed by atoms with Crippen LogP contribution in [-0.2, 0) is 10.0 Å². The summed E-state index contributed by atoms with van der Waals surface area (Å²) < 4.78 is 27.3. The van der Waals surface area contributed by atoms with Gasteiger partial charge in [-0.2, -0.15) is 4.31 Å². The molecule has 0 radical (unpaired) electrons. The van der Waals surface area contributed by atoms with Gasteiger partial charge in [-0.25, -0.2) is 13.4 Å². The van der Waals surface area contributed by atoms with E-state index in [1.807, 2.05) is 14.1 Å². The summed E-state index contributed by atoms with van der Waals surface area (Å²) in [7, 11) is 0.619. The van der Waals surface area contributed by atoms with Gasteiger partial charge in [-0.3, -0.25) is 4.90 Å². The second-order valence-corrected chi connectivity index (χ2v) is 9.10. The van der Waals surface area contributed by atoms with E-state index in [2.05, 4.69) is 14.8 Å². The first-order chi connectivity index (χ1) is 9.80. The lowest BCUT2D eigenvalue weighted by molar-refractivity contribution is 0.175. The molecule has 2 rings (SSSR count). The number of piperazine rings is 1. The molecule has 1 aliphatic heterocycles. The van der Waals surface area contributed by atoms with Gasteiger partial charge >= 0.3 is 0 Å². The number of aryl methyl sites for hydroxylation is 1. The highest BCUT2D eigenvalue weighted by Gasteiger charge is 2.31. The summed E-state index contributed by atoms with van der Waals surface area (Å²) >= 11 is 6.85. The molecule has 0 unspecified atom stereocenters. The molecule has 1 fully saturated rings. The molecule has 0 bridgehead atoms. The van der Waals surface area contributed by atoms with Crippen LogP contribution in [0.1, 0.15) is 5.69 Å². The van der Waals surface area contributed by atoms with Gasteiger partial charge in [0.15, 0.2) is 8.68 Å². The molecule has 2 heterocycles. The Hall–Kier alpha value is -0.250. The molecular formula is C12H21ClN4O2S2. The van der Waals surface area contributed by atoms with Crippen molar-refractivity contribution in [3.05, 3.63) is 10.2 Å². The Morgan fingerprint density at radius 2 is 1.90 bits per heavy atom. The van der Waals surface area contributed by atoms with E-state index in [9.17, 15) is 8.42 Å². The number of aromatic nitrogens is 1. The second kappa shape index (κ2) is 6.89. The highest BCUT2D eigenvalue weighted by Crippen LogP contribution is 2.29. The molecule has 9 heteroatoms. The van der Waals surface area contributed by atoms with Gasteiger partial charge in [0, 0.05) is 39.3 Å². The van der Waals surface area contributed by atoms with Gasteiger partial charge in [0.1, 0.15) is 0 Å². The third-order valence-electron chi connectivity index (χ3n) is 3.50. The third kappa shape index (κ3) is 4.14. The summed E-state index contributed by atoms with van der Waals surface area (Å²) in [5, 5.41) is 0. The van der Waals surface area contributed by atoms with Crippen molar-refractivity contribution in [3.8, 4) is 0 Å². The fraction of sp³-hybridized carbons (Fsp3) is 0.750. The van der Waals surface area contributed by atoms with Crippen LogP contribution in [0.2, 0.25) is 4.47 Å². The first-order valence-electron chi connectivity index (χ1n) is 6.81. The van der Waals surface area contributed by atoms with Gasteiger partial charge in [-0.05, 0) is 21.0 Å². The van der Waals surface area contributed by atoms with E-state index < -0.39 is 10.0 Å². The Labute approximate surface area is 135 Å². The van der Waals surface area contributed by atoms with Gasteiger partial charge in [0.05, 0.1) is 5.69 Å². The van der Waals surface area contributed by atoms with Crippen LogP contribution in [0.15, 0.2) is 4.21 Å². The standard InChI is InChI=1S/C12H21ClN4O2S2/c1-10-11(20-12(13)14-10)21(18,19)17-8-6-16(7-9-17)5-4-15(2)3/h4-9H2,1-3H3. The highest BCUT2D eigenvalue weighted by atomic mass is 35.5. The molecule has 0 aromatic carbocycles. The van der Waals surface area contributed by atoms with E-state index in [1.165, 1.54) is 4.31 Å². The van der Waals surface area contributed by atoms with Crippen molar-refractivity contribution in [2.45, 2.75) is 11.1 Å². The van der Waals surface area contributed by atoms with Crippen molar-refractivity contribution >= 4 is 33.0 Å². The predicted molar refractivity (Wildman–Crippen MR) is 85.6 cm³/mol. The van der Waals surface area contributed by atoms with Gasteiger partial charge < -0.3 is 4.90 Å². The van der Waals surface area contributed by atoms with Gasteiger partial charge in [0.2, 0.25) is 0 Å². The van der Waals surface area contributed by atoms with Gasteiger partial charge in [-0.15, -0.1) is 0 Å². The fourth-order valence-electron chi connectivity index (χ4n) is 2.24. The maximum absolute atomic E-state index is 12.6. The molecule has 1 aromatic heterocycles. The lowest BCUT2D eigenvalue weighted by Gasteiger charge is -2.34. The lowest BCUT2D eigenvalue weighted by Crippen LogP contribution is -2.49. The van der Waals surface area contributed by atoms with Crippen molar-refractivity contribution in [2.24, 2.45) is 0 Å². The molecule has 120 valence electrons. The summed E-state index contributed by atoms with van der Waals surface area (Å²) in [5.41, 5.74) is 0.486. The minimum Gasteiger partial charge on any atom is -0.308 e. The summed E-state index contributed by atoms with van der Waals surface area (Å²) in [6, 6.07) is 0. The quantitative estimate of drug-likeness (QED) is 0.790. The van der Waals surface area contributed by atoms with Crippen molar-refractivity contribution < 1.29 is 8.42 Å². The minimum absolute atomic E-state index is 0.272. The zero-order valence-electron chi connectivity index (χ0n) is 12.5. The van der Waals surface area contributed by atoms with Crippen LogP contribution < -0.4 is 0 Å². The zero-order valence-corrected chi connectivity index (χ0v) is 14.9. The normalized spacial score (nSPS) is 18.5. The number of thiazole rings is 1. The summed E-state index contributed by atoms with van der Waals surface area (Å²) in [6.45, 7) is 6.19. The Bertz CT molecular complexity index is 580. The first kappa shape index (κ1) is 17.1. The van der Waals surface area contributed by atoms with Crippen LogP contribution in [-0.4, -0.2) is 80.9 Å². The molecule has 1 saturated heterocycles. The van der Waals surface area contributed by atoms with Crippen LogP contribution >= 0.6 is 22.9 Å². The molecule has 0 atom stereocenters. The van der Waals surface area contributed by atoms with Crippen LogP contribution in [0.3, 0.4) is 0 Å². The maximum Gasteiger partial charge on any atom is 0.254 e. The molecule has 0 N–H and O–H groups in total. The smallest absolute Gasteiger partial charge is 0.254 e. The Morgan fingerprint density at radius 1 is 1.29 bits per heavy atom. The fourth-order valence-corrected chi connectivity index (χ4v) is 5.54. The number of hydrogen-bond acceptors (Lipinski definition) is 6. The van der Waals surface area contributed by atoms with Crippen LogP contribution in [0.5, 0.6) is 0 Å². The van der Waals surface area contributed by atoms with E-state index in [-0.39, 0.29) is 8.68 Å². The van der Waals surface area contributed by atoms with E-state index in [4.69, 9.17) is 11.6 Å². The van der Waals surface area contributed by atoms with Gasteiger partial charge in [-0.1, -0.05) is 22.9 Å². The van der Waals surface area contributed by atoms with Crippen LogP contribution in [0.4, 0.5) is 0 Å². The Balaban J connectivity index is 2.00. The third-order valence-corrected chi connectivity index (χ3v) is 7.24. The molecular weight excluding hydrogens is 332 g/mol. The summed E-state index contributed by atoms with van der Waals surface area (Å²) in [6.07, 6.45) is 0. The molecule has 0 amide bonds. The van der Waals surface area contributed by atoms with E-state index >= 15 is 0 Å². The van der Waals surface area contributed by atoms with Crippen LogP contribution in [0, 0.1) is 6.92 Å². The van der Waals surface area contributed by atoms with Crippen LogP contribution in [0.25, 0.3) is 0 Å². The van der Waals surface area contributed by atoms with E-state index in [1.54, 1.807) is 6.92 Å². The number of rotatable bonds is 5. The SMILES string of the molecule is Cc1nc(Cl)sc1S(=O)(=O)N1CCN(CCN(C)C)CC1. The van der Waals surface area contributed by atoms with Crippen molar-refractivity contribution in [1.82, 2.24) is 19.1 Å². The topological polar surface area (TPSA) is 56.8 Å². The minimum atomic E-state index is -3.46. The zero-order chi connectivity index (χ0) is 15.6. The average molecular weight is 353 g/mol. The summed E-state index contributed by atoms with van der Waals surface area (Å²) in [5.74, 6) is 0. The van der Waals surface area contributed by atoms with E-state index in [0.29, 0.717) is 18.8 Å². The molecule has 0 saturated carbocycles. The van der Waals surface area contributed by atoms with Crippen molar-refractivity contribution in [1.29, 1.82) is 0 Å². The lowest BCUT2D eigenvalue weighted by atomic mass is 10.3. The molecule has 1 aromatic rings. The predicted octanol–water partition coefficient (Wildman–Crippen LogP) is 0.973.